The van der Waals surface area contributed by atoms with Gasteiger partial charge in [-0.15, -0.1) is 0 Å². The zero-order valence-electron chi connectivity index (χ0n) is 12.0. The molecule has 2 saturated heterocycles. The summed E-state index contributed by atoms with van der Waals surface area (Å²) in [6.07, 6.45) is 4.49. The number of fused-ring (bicyclic) bond motifs is 1. The van der Waals surface area contributed by atoms with Gasteiger partial charge in [0, 0.05) is 39.3 Å². The van der Waals surface area contributed by atoms with Crippen LogP contribution in [0.4, 0.5) is 5.82 Å². The van der Waals surface area contributed by atoms with E-state index in [0.29, 0.717) is 0 Å². The second kappa shape index (κ2) is 5.57. The number of anilines is 1. The van der Waals surface area contributed by atoms with Crippen LogP contribution in [0.2, 0.25) is 0 Å². The average molecular weight is 288 g/mol. The van der Waals surface area contributed by atoms with Crippen LogP contribution < -0.4 is 4.90 Å². The Balaban J connectivity index is 1.41. The molecule has 1 atom stereocenters. The van der Waals surface area contributed by atoms with Crippen molar-refractivity contribution >= 4 is 17.0 Å². The van der Waals surface area contributed by atoms with Crippen molar-refractivity contribution in [3.8, 4) is 0 Å². The Morgan fingerprint density at radius 3 is 2.90 bits per heavy atom. The van der Waals surface area contributed by atoms with Gasteiger partial charge in [0.1, 0.15) is 11.8 Å². The third-order valence-electron chi connectivity index (χ3n) is 4.42. The van der Waals surface area contributed by atoms with E-state index in [4.69, 9.17) is 4.74 Å². The monoisotopic (exact) mass is 288 g/mol. The zero-order chi connectivity index (χ0) is 14.1. The molecule has 2 aliphatic rings. The van der Waals surface area contributed by atoms with Gasteiger partial charge in [0.05, 0.1) is 12.9 Å². The van der Waals surface area contributed by atoms with Crippen molar-refractivity contribution in [1.82, 2.24) is 24.8 Å². The molecule has 0 unspecified atom stereocenters. The number of aromatic amines is 1. The molecule has 2 aliphatic heterocycles. The Kier molecular flexibility index (Phi) is 3.44. The Labute approximate surface area is 123 Å². The van der Waals surface area contributed by atoms with Crippen LogP contribution in [-0.2, 0) is 4.74 Å². The van der Waals surface area contributed by atoms with Crippen LogP contribution in [0.25, 0.3) is 11.2 Å². The van der Waals surface area contributed by atoms with Gasteiger partial charge in [0.2, 0.25) is 0 Å². The lowest BCUT2D eigenvalue weighted by Gasteiger charge is -2.36. The second-order valence-corrected chi connectivity index (χ2v) is 5.82. The minimum Gasteiger partial charge on any atom is -0.381 e. The van der Waals surface area contributed by atoms with Crippen LogP contribution in [0.15, 0.2) is 12.7 Å². The Morgan fingerprint density at radius 2 is 2.10 bits per heavy atom. The molecule has 0 bridgehead atoms. The molecular formula is C14H20N6O. The van der Waals surface area contributed by atoms with E-state index < -0.39 is 0 Å². The van der Waals surface area contributed by atoms with Crippen LogP contribution in [-0.4, -0.2) is 70.8 Å². The number of H-pyrrole nitrogens is 1. The lowest BCUT2D eigenvalue weighted by Crippen LogP contribution is -2.48. The van der Waals surface area contributed by atoms with Gasteiger partial charge in [-0.2, -0.15) is 0 Å². The smallest absolute Gasteiger partial charge is 0.182 e. The summed E-state index contributed by atoms with van der Waals surface area (Å²) in [5.41, 5.74) is 1.68. The van der Waals surface area contributed by atoms with Crippen LogP contribution in [0.5, 0.6) is 0 Å². The number of hydrogen-bond donors (Lipinski definition) is 1. The van der Waals surface area contributed by atoms with Crippen molar-refractivity contribution in [3.05, 3.63) is 12.7 Å². The summed E-state index contributed by atoms with van der Waals surface area (Å²) in [5.74, 6) is 1.69. The summed E-state index contributed by atoms with van der Waals surface area (Å²) in [7, 11) is 0. The predicted octanol–water partition coefficient (Wildman–Crippen LogP) is 0.511. The first-order valence-electron chi connectivity index (χ1n) is 7.59. The minimum absolute atomic E-state index is 0.718. The maximum atomic E-state index is 5.46. The standard InChI is InChI=1S/C14H20N6O/c1-6-21-8-11(1)7-19-2-4-20(5-3-19)14-12-13(16-9-15-12)17-10-18-14/h9-11H,1-8H2,(H,15,16,17,18)/t11-/m0/s1. The number of nitrogens with zero attached hydrogens (tertiary/aromatic N) is 5. The summed E-state index contributed by atoms with van der Waals surface area (Å²) in [6, 6.07) is 0. The van der Waals surface area contributed by atoms with E-state index in [1.165, 1.54) is 6.42 Å². The van der Waals surface area contributed by atoms with Crippen molar-refractivity contribution in [2.45, 2.75) is 6.42 Å². The molecule has 2 fully saturated rings. The molecule has 0 amide bonds. The fourth-order valence-corrected chi connectivity index (χ4v) is 3.23. The molecule has 112 valence electrons. The van der Waals surface area contributed by atoms with E-state index >= 15 is 0 Å². The molecule has 7 nitrogen and oxygen atoms in total. The van der Waals surface area contributed by atoms with Crippen molar-refractivity contribution < 1.29 is 4.74 Å². The minimum atomic E-state index is 0.718. The fraction of sp³-hybridized carbons (Fsp3) is 0.643. The summed E-state index contributed by atoms with van der Waals surface area (Å²) in [6.45, 7) is 7.19. The molecular weight excluding hydrogens is 268 g/mol. The van der Waals surface area contributed by atoms with Crippen LogP contribution in [0, 0.1) is 5.92 Å². The maximum Gasteiger partial charge on any atom is 0.182 e. The molecule has 0 radical (unpaired) electrons. The van der Waals surface area contributed by atoms with E-state index in [0.717, 1.165) is 68.8 Å². The Morgan fingerprint density at radius 1 is 1.19 bits per heavy atom. The number of rotatable bonds is 3. The van der Waals surface area contributed by atoms with Crippen LogP contribution in [0.3, 0.4) is 0 Å². The van der Waals surface area contributed by atoms with Gasteiger partial charge in [-0.1, -0.05) is 0 Å². The zero-order valence-corrected chi connectivity index (χ0v) is 12.0. The highest BCUT2D eigenvalue weighted by Gasteiger charge is 2.24. The van der Waals surface area contributed by atoms with Gasteiger partial charge in [-0.05, 0) is 12.3 Å². The summed E-state index contributed by atoms with van der Waals surface area (Å²) >= 11 is 0. The highest BCUT2D eigenvalue weighted by molar-refractivity contribution is 5.82. The first-order valence-corrected chi connectivity index (χ1v) is 7.59. The summed E-state index contributed by atoms with van der Waals surface area (Å²) in [5, 5.41) is 0. The van der Waals surface area contributed by atoms with Crippen molar-refractivity contribution in [3.63, 3.8) is 0 Å². The van der Waals surface area contributed by atoms with Gasteiger partial charge in [-0.25, -0.2) is 15.0 Å². The Bertz CT molecular complexity index is 600. The molecule has 4 rings (SSSR count). The molecule has 0 aromatic carbocycles. The molecule has 0 saturated carbocycles. The van der Waals surface area contributed by atoms with E-state index in [1.54, 1.807) is 12.7 Å². The van der Waals surface area contributed by atoms with Crippen molar-refractivity contribution in [2.24, 2.45) is 5.92 Å². The molecule has 7 heteroatoms. The van der Waals surface area contributed by atoms with Crippen LogP contribution in [0.1, 0.15) is 6.42 Å². The highest BCUT2D eigenvalue weighted by atomic mass is 16.5. The molecule has 2 aromatic rings. The number of imidazole rings is 1. The molecule has 4 heterocycles. The largest absolute Gasteiger partial charge is 0.381 e. The fourth-order valence-electron chi connectivity index (χ4n) is 3.23. The lowest BCUT2D eigenvalue weighted by atomic mass is 10.1. The Hall–Kier alpha value is -1.73. The van der Waals surface area contributed by atoms with E-state index in [-0.39, 0.29) is 0 Å². The van der Waals surface area contributed by atoms with Gasteiger partial charge < -0.3 is 14.6 Å². The maximum absolute atomic E-state index is 5.46. The van der Waals surface area contributed by atoms with Crippen molar-refractivity contribution in [1.29, 1.82) is 0 Å². The first kappa shape index (κ1) is 13.0. The molecule has 1 N–H and O–H groups in total. The molecule has 0 aliphatic carbocycles. The van der Waals surface area contributed by atoms with Crippen LogP contribution >= 0.6 is 0 Å². The topological polar surface area (TPSA) is 70.2 Å². The number of ether oxygens (including phenoxy) is 1. The normalized spacial score (nSPS) is 24.0. The van der Waals surface area contributed by atoms with E-state index in [1.807, 2.05) is 0 Å². The van der Waals surface area contributed by atoms with Gasteiger partial charge >= 0.3 is 0 Å². The average Bonchev–Trinajstić information content (AvgIpc) is 3.18. The number of nitrogens with one attached hydrogen (secondary N) is 1. The van der Waals surface area contributed by atoms with Crippen molar-refractivity contribution in [2.75, 3.05) is 50.8 Å². The third-order valence-corrected chi connectivity index (χ3v) is 4.42. The third kappa shape index (κ3) is 2.58. The summed E-state index contributed by atoms with van der Waals surface area (Å²) in [4.78, 5) is 20.8. The van der Waals surface area contributed by atoms with E-state index in [9.17, 15) is 0 Å². The highest BCUT2D eigenvalue weighted by Crippen LogP contribution is 2.21. The van der Waals surface area contributed by atoms with Gasteiger partial charge in [0.15, 0.2) is 11.5 Å². The predicted molar refractivity (Wildman–Crippen MR) is 79.3 cm³/mol. The number of piperazine rings is 1. The van der Waals surface area contributed by atoms with Gasteiger partial charge in [-0.3, -0.25) is 4.90 Å². The molecule has 2 aromatic heterocycles. The van der Waals surface area contributed by atoms with Gasteiger partial charge in [0.25, 0.3) is 0 Å². The molecule has 21 heavy (non-hydrogen) atoms. The molecule has 0 spiro atoms. The summed E-state index contributed by atoms with van der Waals surface area (Å²) < 4.78 is 5.46. The number of hydrogen-bond acceptors (Lipinski definition) is 6. The second-order valence-electron chi connectivity index (χ2n) is 5.82. The quantitative estimate of drug-likeness (QED) is 0.887. The lowest BCUT2D eigenvalue weighted by molar-refractivity contribution is 0.164. The number of aromatic nitrogens is 4. The van der Waals surface area contributed by atoms with E-state index in [2.05, 4.69) is 29.7 Å². The first-order chi connectivity index (χ1) is 10.4. The SMILES string of the molecule is c1nc(N2CCN(C[C@@H]3CCOC3)CC2)c2[nH]cnc2n1.